The Balaban J connectivity index is 1.53. The SMILES string of the molecule is CCCOC(=O)[C@@H](C)N[P+](=O)OC[C@@H]1C[C@H](C)[C@H](n2cnc3c(N)ncnc32)O1. The molecule has 0 amide bonds. The number of carbonyl (C=O) groups excluding carboxylic acids is 1. The molecule has 0 bridgehead atoms. The number of ether oxygens (including phenoxy) is 2. The molecule has 158 valence electrons. The van der Waals surface area contributed by atoms with Crippen molar-refractivity contribution >= 4 is 31.1 Å². The first-order valence-electron chi connectivity index (χ1n) is 9.52. The summed E-state index contributed by atoms with van der Waals surface area (Å²) < 4.78 is 30.4. The molecule has 1 unspecified atom stereocenters. The first-order valence-corrected chi connectivity index (χ1v) is 10.7. The average Bonchev–Trinajstić information content (AvgIpc) is 3.28. The van der Waals surface area contributed by atoms with Crippen molar-refractivity contribution in [2.24, 2.45) is 5.92 Å². The molecule has 0 spiro atoms. The molecule has 1 fully saturated rings. The van der Waals surface area contributed by atoms with Gasteiger partial charge < -0.3 is 15.2 Å². The first kappa shape index (κ1) is 21.5. The minimum absolute atomic E-state index is 0.128. The van der Waals surface area contributed by atoms with Gasteiger partial charge in [-0.3, -0.25) is 9.36 Å². The monoisotopic (exact) mass is 425 g/mol. The van der Waals surface area contributed by atoms with Gasteiger partial charge >= 0.3 is 14.1 Å². The second-order valence-corrected chi connectivity index (χ2v) is 8.05. The topological polar surface area (TPSA) is 143 Å². The van der Waals surface area contributed by atoms with Gasteiger partial charge in [0.2, 0.25) is 0 Å². The van der Waals surface area contributed by atoms with E-state index in [1.165, 1.54) is 6.33 Å². The summed E-state index contributed by atoms with van der Waals surface area (Å²) in [6, 6.07) is -0.719. The number of aromatic nitrogens is 4. The number of hydrogen-bond donors (Lipinski definition) is 2. The molecule has 12 heteroatoms. The van der Waals surface area contributed by atoms with E-state index in [2.05, 4.69) is 20.0 Å². The van der Waals surface area contributed by atoms with Crippen molar-refractivity contribution in [2.45, 2.75) is 52.0 Å². The summed E-state index contributed by atoms with van der Waals surface area (Å²) in [5.74, 6) is 0.0118. The summed E-state index contributed by atoms with van der Waals surface area (Å²) in [5.41, 5.74) is 6.97. The Morgan fingerprint density at radius 1 is 1.48 bits per heavy atom. The Morgan fingerprint density at radius 2 is 2.28 bits per heavy atom. The highest BCUT2D eigenvalue weighted by Gasteiger charge is 2.37. The lowest BCUT2D eigenvalue weighted by Gasteiger charge is -2.17. The maximum Gasteiger partial charge on any atom is 0.613 e. The van der Waals surface area contributed by atoms with E-state index in [0.717, 1.165) is 6.42 Å². The molecule has 1 aliphatic heterocycles. The molecule has 0 radical (unpaired) electrons. The van der Waals surface area contributed by atoms with E-state index in [1.54, 1.807) is 13.3 Å². The van der Waals surface area contributed by atoms with E-state index in [9.17, 15) is 9.36 Å². The van der Waals surface area contributed by atoms with Crippen LogP contribution < -0.4 is 10.8 Å². The number of rotatable bonds is 9. The Bertz CT molecular complexity index is 877. The van der Waals surface area contributed by atoms with Gasteiger partial charge in [0.1, 0.15) is 30.7 Å². The van der Waals surface area contributed by atoms with Crippen molar-refractivity contribution in [3.05, 3.63) is 12.7 Å². The van der Waals surface area contributed by atoms with Crippen LogP contribution in [0.15, 0.2) is 12.7 Å². The molecular weight excluding hydrogens is 399 g/mol. The van der Waals surface area contributed by atoms with Crippen LogP contribution in [0.5, 0.6) is 0 Å². The molecule has 11 nitrogen and oxygen atoms in total. The number of nitrogen functional groups attached to an aromatic ring is 1. The lowest BCUT2D eigenvalue weighted by atomic mass is 10.1. The van der Waals surface area contributed by atoms with E-state index >= 15 is 0 Å². The number of hydrogen-bond acceptors (Lipinski definition) is 9. The Kier molecular flexibility index (Phi) is 7.07. The summed E-state index contributed by atoms with van der Waals surface area (Å²) in [7, 11) is -2.23. The fourth-order valence-corrected chi connectivity index (χ4v) is 3.95. The van der Waals surface area contributed by atoms with Gasteiger partial charge in [-0.25, -0.2) is 15.0 Å². The maximum atomic E-state index is 12.1. The number of esters is 1. The van der Waals surface area contributed by atoms with Gasteiger partial charge in [0.05, 0.1) is 19.0 Å². The molecule has 0 aromatic carbocycles. The van der Waals surface area contributed by atoms with Crippen LogP contribution in [0.4, 0.5) is 5.82 Å². The van der Waals surface area contributed by atoms with Crippen LogP contribution in [0, 0.1) is 5.92 Å². The molecule has 0 aliphatic carbocycles. The molecule has 1 aliphatic rings. The predicted molar refractivity (Wildman–Crippen MR) is 105 cm³/mol. The molecule has 29 heavy (non-hydrogen) atoms. The molecule has 5 atom stereocenters. The Morgan fingerprint density at radius 3 is 3.03 bits per heavy atom. The summed E-state index contributed by atoms with van der Waals surface area (Å²) in [6.45, 7) is 5.99. The number of imidazole rings is 1. The molecule has 3 rings (SSSR count). The molecule has 1 saturated heterocycles. The minimum atomic E-state index is -2.23. The van der Waals surface area contributed by atoms with Crippen molar-refractivity contribution < 1.29 is 23.4 Å². The third-order valence-electron chi connectivity index (χ3n) is 4.59. The van der Waals surface area contributed by atoms with Gasteiger partial charge in [0.25, 0.3) is 0 Å². The quantitative estimate of drug-likeness (QED) is 0.452. The standard InChI is InChI=1S/C17H26N6O5P/c1-4-5-26-17(24)11(3)22-29(25)27-7-12-6-10(2)16(28-12)23-9-21-13-14(18)19-8-20-15(13)23/h8-12,16H,4-7H2,1-3H3,(H,22,25)(H2,18,19,20)/q+1/t10-,11+,12-,16+/m0/s1. The number of nitrogens with zero attached hydrogens (tertiary/aromatic N) is 4. The zero-order valence-corrected chi connectivity index (χ0v) is 17.5. The highest BCUT2D eigenvalue weighted by Crippen LogP contribution is 2.36. The smallest absolute Gasteiger partial charge is 0.464 e. The van der Waals surface area contributed by atoms with Gasteiger partial charge in [-0.15, -0.1) is 4.52 Å². The van der Waals surface area contributed by atoms with Gasteiger partial charge in [-0.1, -0.05) is 18.9 Å². The molecular formula is C17H26N6O5P+. The lowest BCUT2D eigenvalue weighted by Crippen LogP contribution is -2.31. The van der Waals surface area contributed by atoms with Crippen LogP contribution in [-0.2, 0) is 23.4 Å². The zero-order valence-electron chi connectivity index (χ0n) is 16.6. The normalized spacial score (nSPS) is 23.3. The summed E-state index contributed by atoms with van der Waals surface area (Å²) in [5, 5.41) is 2.60. The van der Waals surface area contributed by atoms with Crippen LogP contribution >= 0.6 is 8.18 Å². The number of carbonyl (C=O) groups is 1. The van der Waals surface area contributed by atoms with Gasteiger partial charge in [-0.05, 0) is 24.3 Å². The third-order valence-corrected chi connectivity index (χ3v) is 5.58. The van der Waals surface area contributed by atoms with E-state index in [1.807, 2.05) is 18.4 Å². The lowest BCUT2D eigenvalue weighted by molar-refractivity contribution is -0.145. The van der Waals surface area contributed by atoms with Crippen LogP contribution in [0.1, 0.15) is 39.8 Å². The zero-order chi connectivity index (χ0) is 21.0. The van der Waals surface area contributed by atoms with Crippen molar-refractivity contribution in [3.63, 3.8) is 0 Å². The highest BCUT2D eigenvalue weighted by atomic mass is 31.1. The second-order valence-electron chi connectivity index (χ2n) is 7.02. The number of nitrogens with two attached hydrogens (primary N) is 1. The minimum Gasteiger partial charge on any atom is -0.464 e. The Labute approximate surface area is 169 Å². The predicted octanol–water partition coefficient (Wildman–Crippen LogP) is 1.94. The molecule has 2 aromatic heterocycles. The van der Waals surface area contributed by atoms with Gasteiger partial charge in [0, 0.05) is 5.92 Å². The number of nitrogens with one attached hydrogen (secondary N) is 1. The van der Waals surface area contributed by atoms with Crippen LogP contribution in [0.25, 0.3) is 11.2 Å². The number of anilines is 1. The van der Waals surface area contributed by atoms with E-state index in [0.29, 0.717) is 30.0 Å². The third kappa shape index (κ3) is 5.05. The van der Waals surface area contributed by atoms with Gasteiger partial charge in [-0.2, -0.15) is 0 Å². The van der Waals surface area contributed by atoms with E-state index in [4.69, 9.17) is 19.7 Å². The summed E-state index contributed by atoms with van der Waals surface area (Å²) in [4.78, 5) is 24.2. The fourth-order valence-electron chi connectivity index (χ4n) is 3.15. The summed E-state index contributed by atoms with van der Waals surface area (Å²) in [6.07, 6.45) is 3.91. The maximum absolute atomic E-state index is 12.1. The average molecular weight is 425 g/mol. The van der Waals surface area contributed by atoms with Crippen LogP contribution in [0.3, 0.4) is 0 Å². The largest absolute Gasteiger partial charge is 0.613 e. The van der Waals surface area contributed by atoms with Crippen molar-refractivity contribution in [1.29, 1.82) is 0 Å². The van der Waals surface area contributed by atoms with E-state index in [-0.39, 0.29) is 24.9 Å². The molecule has 3 N–H and O–H groups in total. The van der Waals surface area contributed by atoms with Gasteiger partial charge in [0.15, 0.2) is 11.5 Å². The highest BCUT2D eigenvalue weighted by molar-refractivity contribution is 7.36. The molecule has 2 aromatic rings. The van der Waals surface area contributed by atoms with Crippen LogP contribution in [0.2, 0.25) is 0 Å². The van der Waals surface area contributed by atoms with Crippen molar-refractivity contribution in [2.75, 3.05) is 18.9 Å². The molecule has 3 heterocycles. The summed E-state index contributed by atoms with van der Waals surface area (Å²) >= 11 is 0. The second kappa shape index (κ2) is 9.53. The van der Waals surface area contributed by atoms with Crippen molar-refractivity contribution in [3.8, 4) is 0 Å². The fraction of sp³-hybridized carbons (Fsp3) is 0.647. The number of fused-ring (bicyclic) bond motifs is 1. The Hall–Kier alpha value is -2.20. The molecule has 0 saturated carbocycles. The first-order chi connectivity index (χ1) is 13.9. The van der Waals surface area contributed by atoms with Crippen LogP contribution in [-0.4, -0.2) is 50.8 Å². The van der Waals surface area contributed by atoms with E-state index < -0.39 is 20.2 Å². The van der Waals surface area contributed by atoms with Crippen molar-refractivity contribution in [1.82, 2.24) is 24.6 Å².